The second kappa shape index (κ2) is 10.4. The van der Waals surface area contributed by atoms with E-state index in [9.17, 15) is 0 Å². The minimum absolute atomic E-state index is 0.551. The predicted octanol–water partition coefficient (Wildman–Crippen LogP) is 12.7. The standard InChI is InChI=1S/C46H26N2O2/c1-3-17-36-33(14-1)34-15-2-4-18-37(34)43-42(36)47-44-39-26-30(22-23-41(39)50-46(44)48-43)28-11-7-10-27(24-28)29-12-8-13-31(25-29)32-19-9-20-38-35-16-5-6-21-40(35)49-45(32)38/h1-26H. The number of aromatic nitrogens is 2. The summed E-state index contributed by atoms with van der Waals surface area (Å²) in [5.41, 5.74) is 12.4. The van der Waals surface area contributed by atoms with Crippen LogP contribution >= 0.6 is 0 Å². The second-order valence-electron chi connectivity index (χ2n) is 12.9. The Kier molecular flexibility index (Phi) is 5.63. The fourth-order valence-electron chi connectivity index (χ4n) is 7.70. The van der Waals surface area contributed by atoms with Crippen LogP contribution in [0.4, 0.5) is 0 Å². The Bertz CT molecular complexity index is 3170. The van der Waals surface area contributed by atoms with E-state index in [1.165, 1.54) is 10.8 Å². The lowest BCUT2D eigenvalue weighted by Crippen LogP contribution is -1.89. The number of benzene rings is 8. The van der Waals surface area contributed by atoms with E-state index in [0.717, 1.165) is 93.6 Å². The van der Waals surface area contributed by atoms with Crippen molar-refractivity contribution in [3.63, 3.8) is 0 Å². The Morgan fingerprint density at radius 3 is 1.60 bits per heavy atom. The maximum absolute atomic E-state index is 6.37. The Balaban J connectivity index is 1.03. The lowest BCUT2D eigenvalue weighted by Gasteiger charge is -2.09. The summed E-state index contributed by atoms with van der Waals surface area (Å²) in [4.78, 5) is 10.3. The van der Waals surface area contributed by atoms with Crippen molar-refractivity contribution in [1.29, 1.82) is 0 Å². The average Bonchev–Trinajstić information content (AvgIpc) is 3.75. The van der Waals surface area contributed by atoms with Gasteiger partial charge in [-0.3, -0.25) is 0 Å². The third-order valence-electron chi connectivity index (χ3n) is 10.1. The highest BCUT2D eigenvalue weighted by molar-refractivity contribution is 6.24. The van der Waals surface area contributed by atoms with Crippen LogP contribution in [0.2, 0.25) is 0 Å². The first-order valence-electron chi connectivity index (χ1n) is 16.8. The molecule has 11 aromatic rings. The van der Waals surface area contributed by atoms with E-state index in [2.05, 4.69) is 140 Å². The molecule has 0 radical (unpaired) electrons. The first-order valence-corrected chi connectivity index (χ1v) is 16.8. The second-order valence-corrected chi connectivity index (χ2v) is 12.9. The maximum atomic E-state index is 6.37. The molecule has 232 valence electrons. The maximum Gasteiger partial charge on any atom is 0.246 e. The number of hydrogen-bond acceptors (Lipinski definition) is 4. The van der Waals surface area contributed by atoms with Crippen LogP contribution < -0.4 is 0 Å². The molecule has 0 amide bonds. The van der Waals surface area contributed by atoms with Crippen LogP contribution in [0, 0.1) is 0 Å². The zero-order chi connectivity index (χ0) is 32.8. The molecule has 0 aliphatic heterocycles. The fourth-order valence-corrected chi connectivity index (χ4v) is 7.70. The topological polar surface area (TPSA) is 52.1 Å². The van der Waals surface area contributed by atoms with E-state index in [-0.39, 0.29) is 0 Å². The minimum Gasteiger partial charge on any atom is -0.455 e. The molecule has 3 heterocycles. The quantitative estimate of drug-likeness (QED) is 0.181. The number of nitrogens with zero attached hydrogens (tertiary/aromatic N) is 2. The van der Waals surface area contributed by atoms with Gasteiger partial charge in [0.25, 0.3) is 0 Å². The molecule has 8 aromatic carbocycles. The number of fused-ring (bicyclic) bond motifs is 12. The molecule has 0 bridgehead atoms. The molecule has 0 saturated carbocycles. The van der Waals surface area contributed by atoms with E-state index >= 15 is 0 Å². The molecule has 0 saturated heterocycles. The Labute approximate surface area is 285 Å². The molecule has 0 unspecified atom stereocenters. The van der Waals surface area contributed by atoms with Crippen molar-refractivity contribution in [3.05, 3.63) is 158 Å². The van der Waals surface area contributed by atoms with Gasteiger partial charge in [0.15, 0.2) is 0 Å². The van der Waals surface area contributed by atoms with Crippen LogP contribution in [-0.2, 0) is 0 Å². The number of hydrogen-bond donors (Lipinski definition) is 0. The molecule has 50 heavy (non-hydrogen) atoms. The molecular formula is C46H26N2O2. The van der Waals surface area contributed by atoms with Crippen molar-refractivity contribution in [2.75, 3.05) is 0 Å². The van der Waals surface area contributed by atoms with Crippen molar-refractivity contribution in [2.45, 2.75) is 0 Å². The van der Waals surface area contributed by atoms with Crippen molar-refractivity contribution in [1.82, 2.24) is 9.97 Å². The summed E-state index contributed by atoms with van der Waals surface area (Å²) in [7, 11) is 0. The summed E-state index contributed by atoms with van der Waals surface area (Å²) >= 11 is 0. The molecule has 0 aliphatic carbocycles. The van der Waals surface area contributed by atoms with Gasteiger partial charge in [0.1, 0.15) is 27.8 Å². The van der Waals surface area contributed by atoms with Gasteiger partial charge in [-0.25, -0.2) is 9.97 Å². The molecule has 11 rings (SSSR count). The molecule has 0 atom stereocenters. The average molecular weight is 639 g/mol. The van der Waals surface area contributed by atoms with Crippen molar-refractivity contribution in [3.8, 4) is 33.4 Å². The van der Waals surface area contributed by atoms with Gasteiger partial charge in [0.2, 0.25) is 5.71 Å². The van der Waals surface area contributed by atoms with Crippen molar-refractivity contribution in [2.24, 2.45) is 0 Å². The summed E-state index contributed by atoms with van der Waals surface area (Å²) < 4.78 is 12.7. The third-order valence-corrected chi connectivity index (χ3v) is 10.1. The van der Waals surface area contributed by atoms with Gasteiger partial charge in [-0.2, -0.15) is 0 Å². The molecular weight excluding hydrogens is 613 g/mol. The Morgan fingerprint density at radius 1 is 0.320 bits per heavy atom. The number of rotatable bonds is 3. The molecule has 0 N–H and O–H groups in total. The largest absolute Gasteiger partial charge is 0.455 e. The SMILES string of the molecule is c1cc(-c2cccc(-c3cccc4c3oc3ccccc34)c2)cc(-c2ccc3oc4nc5c6ccccc6c6ccccc6c5nc4c3c2)c1. The third kappa shape index (κ3) is 3.99. The highest BCUT2D eigenvalue weighted by Crippen LogP contribution is 2.39. The summed E-state index contributed by atoms with van der Waals surface area (Å²) in [5, 5.41) is 7.73. The van der Waals surface area contributed by atoms with Crippen molar-refractivity contribution < 1.29 is 8.83 Å². The highest BCUT2D eigenvalue weighted by Gasteiger charge is 2.17. The van der Waals surface area contributed by atoms with E-state index in [4.69, 9.17) is 18.8 Å². The Hall–Kier alpha value is -6.78. The van der Waals surface area contributed by atoms with E-state index in [0.29, 0.717) is 5.71 Å². The van der Waals surface area contributed by atoms with Crippen LogP contribution in [0.25, 0.3) is 110 Å². The Morgan fingerprint density at radius 2 is 0.860 bits per heavy atom. The van der Waals surface area contributed by atoms with E-state index in [1.54, 1.807) is 0 Å². The van der Waals surface area contributed by atoms with Gasteiger partial charge in [0.05, 0.1) is 5.52 Å². The predicted molar refractivity (Wildman–Crippen MR) is 205 cm³/mol. The van der Waals surface area contributed by atoms with Crippen LogP contribution in [-0.4, -0.2) is 9.97 Å². The summed E-state index contributed by atoms with van der Waals surface area (Å²) in [6.45, 7) is 0. The zero-order valence-corrected chi connectivity index (χ0v) is 26.7. The van der Waals surface area contributed by atoms with Crippen LogP contribution in [0.5, 0.6) is 0 Å². The molecule has 0 spiro atoms. The van der Waals surface area contributed by atoms with E-state index < -0.39 is 0 Å². The molecule has 3 aromatic heterocycles. The lowest BCUT2D eigenvalue weighted by atomic mass is 9.95. The number of furan rings is 2. The number of para-hydroxylation sites is 2. The molecule has 4 heteroatoms. The summed E-state index contributed by atoms with van der Waals surface area (Å²) in [5.74, 6) is 0. The van der Waals surface area contributed by atoms with Crippen LogP contribution in [0.1, 0.15) is 0 Å². The van der Waals surface area contributed by atoms with Gasteiger partial charge in [-0.05, 0) is 68.9 Å². The summed E-state index contributed by atoms with van der Waals surface area (Å²) in [6.07, 6.45) is 0. The normalized spacial score (nSPS) is 12.0. The van der Waals surface area contributed by atoms with Gasteiger partial charge in [0, 0.05) is 32.5 Å². The molecule has 0 fully saturated rings. The van der Waals surface area contributed by atoms with Crippen molar-refractivity contribution >= 4 is 76.7 Å². The smallest absolute Gasteiger partial charge is 0.246 e. The van der Waals surface area contributed by atoms with Gasteiger partial charge < -0.3 is 8.83 Å². The minimum atomic E-state index is 0.551. The van der Waals surface area contributed by atoms with Gasteiger partial charge in [-0.15, -0.1) is 0 Å². The first-order chi connectivity index (χ1) is 24.8. The lowest BCUT2D eigenvalue weighted by molar-refractivity contribution is 0.655. The van der Waals surface area contributed by atoms with Crippen LogP contribution in [0.15, 0.2) is 167 Å². The monoisotopic (exact) mass is 638 g/mol. The first kappa shape index (κ1) is 27.2. The zero-order valence-electron chi connectivity index (χ0n) is 26.7. The van der Waals surface area contributed by atoms with Gasteiger partial charge in [-0.1, -0.05) is 127 Å². The molecule has 0 aliphatic rings. The van der Waals surface area contributed by atoms with Gasteiger partial charge >= 0.3 is 0 Å². The van der Waals surface area contributed by atoms with E-state index in [1.807, 2.05) is 18.2 Å². The molecule has 4 nitrogen and oxygen atoms in total. The summed E-state index contributed by atoms with van der Waals surface area (Å²) in [6, 6.07) is 55.2. The van der Waals surface area contributed by atoms with Crippen LogP contribution in [0.3, 0.4) is 0 Å². The fraction of sp³-hybridized carbons (Fsp3) is 0. The highest BCUT2D eigenvalue weighted by atomic mass is 16.3.